The second-order valence-corrected chi connectivity index (χ2v) is 8.94. The van der Waals surface area contributed by atoms with E-state index in [1.807, 2.05) is 36.1 Å². The summed E-state index contributed by atoms with van der Waals surface area (Å²) >= 11 is 7.83. The lowest BCUT2D eigenvalue weighted by Gasteiger charge is -2.37. The predicted octanol–water partition coefficient (Wildman–Crippen LogP) is 4.54. The van der Waals surface area contributed by atoms with Crippen LogP contribution in [0.3, 0.4) is 0 Å². The van der Waals surface area contributed by atoms with Crippen LogP contribution < -0.4 is 0 Å². The van der Waals surface area contributed by atoms with E-state index in [1.54, 1.807) is 23.3 Å². The molecule has 0 fully saturated rings. The van der Waals surface area contributed by atoms with E-state index in [0.717, 1.165) is 18.4 Å². The summed E-state index contributed by atoms with van der Waals surface area (Å²) in [4.78, 5) is 30.9. The molecule has 1 aliphatic heterocycles. The van der Waals surface area contributed by atoms with Crippen LogP contribution in [0, 0.1) is 0 Å². The second kappa shape index (κ2) is 10.9. The fourth-order valence-electron chi connectivity index (χ4n) is 3.91. The quantitative estimate of drug-likeness (QED) is 0.529. The minimum Gasteiger partial charge on any atom is -0.385 e. The maximum absolute atomic E-state index is 13.4. The number of methoxy groups -OCH3 is 1. The van der Waals surface area contributed by atoms with Crippen LogP contribution in [-0.2, 0) is 20.7 Å². The Bertz CT molecular complexity index is 852. The number of ether oxygens (including phenoxy) is 1. The molecule has 1 unspecified atom stereocenters. The Balaban J connectivity index is 1.82. The highest BCUT2D eigenvalue weighted by molar-refractivity contribution is 7.10. The van der Waals surface area contributed by atoms with Crippen molar-refractivity contribution < 1.29 is 14.3 Å². The SMILES string of the molecule is CCCC(=O)N(CCCOC)CC(=O)N1CCc2sccc2C1c1ccc(Cl)cc1. The number of rotatable bonds is 9. The van der Waals surface area contributed by atoms with Crippen molar-refractivity contribution in [2.75, 3.05) is 33.4 Å². The van der Waals surface area contributed by atoms with Gasteiger partial charge >= 0.3 is 0 Å². The smallest absolute Gasteiger partial charge is 0.242 e. The van der Waals surface area contributed by atoms with Gasteiger partial charge in [0.05, 0.1) is 12.6 Å². The zero-order valence-corrected chi connectivity index (χ0v) is 19.2. The molecule has 0 saturated heterocycles. The molecular formula is C23H29ClN2O3S. The monoisotopic (exact) mass is 448 g/mol. The van der Waals surface area contributed by atoms with Gasteiger partial charge in [-0.25, -0.2) is 0 Å². The summed E-state index contributed by atoms with van der Waals surface area (Å²) in [5.74, 6) is 0.00639. The molecule has 0 saturated carbocycles. The van der Waals surface area contributed by atoms with E-state index < -0.39 is 0 Å². The standard InChI is InChI=1S/C23H29ClN2O3S/c1-3-5-21(27)25(12-4-14-29-2)16-22(28)26-13-10-20-19(11-15-30-20)23(26)17-6-8-18(24)9-7-17/h6-9,11,15,23H,3-5,10,12-14,16H2,1-2H3. The molecule has 1 aliphatic rings. The fraction of sp³-hybridized carbons (Fsp3) is 0.478. The number of hydrogen-bond acceptors (Lipinski definition) is 4. The summed E-state index contributed by atoms with van der Waals surface area (Å²) in [5, 5.41) is 2.76. The van der Waals surface area contributed by atoms with E-state index in [9.17, 15) is 9.59 Å². The highest BCUT2D eigenvalue weighted by Gasteiger charge is 2.33. The van der Waals surface area contributed by atoms with Gasteiger partial charge in [-0.05, 0) is 54.0 Å². The Labute approximate surface area is 187 Å². The molecule has 162 valence electrons. The molecule has 3 rings (SSSR count). The van der Waals surface area contributed by atoms with Gasteiger partial charge in [0.25, 0.3) is 0 Å². The van der Waals surface area contributed by atoms with E-state index in [1.165, 1.54) is 10.4 Å². The van der Waals surface area contributed by atoms with Crippen LogP contribution >= 0.6 is 22.9 Å². The van der Waals surface area contributed by atoms with E-state index in [0.29, 0.717) is 37.6 Å². The van der Waals surface area contributed by atoms with Crippen molar-refractivity contribution in [3.63, 3.8) is 0 Å². The molecule has 2 aromatic rings. The van der Waals surface area contributed by atoms with Gasteiger partial charge in [0, 0.05) is 43.1 Å². The molecule has 0 radical (unpaired) electrons. The molecule has 2 amide bonds. The third kappa shape index (κ3) is 5.42. The number of halogens is 1. The van der Waals surface area contributed by atoms with Gasteiger partial charge in [0.2, 0.25) is 11.8 Å². The number of fused-ring (bicyclic) bond motifs is 1. The van der Waals surface area contributed by atoms with Crippen LogP contribution in [0.2, 0.25) is 5.02 Å². The van der Waals surface area contributed by atoms with Gasteiger partial charge in [-0.15, -0.1) is 11.3 Å². The van der Waals surface area contributed by atoms with Gasteiger partial charge in [0.1, 0.15) is 0 Å². The summed E-state index contributed by atoms with van der Waals surface area (Å²) in [6.45, 7) is 3.83. The average Bonchev–Trinajstić information content (AvgIpc) is 3.22. The van der Waals surface area contributed by atoms with Crippen molar-refractivity contribution in [2.45, 2.75) is 38.6 Å². The van der Waals surface area contributed by atoms with Crippen molar-refractivity contribution in [3.8, 4) is 0 Å². The van der Waals surface area contributed by atoms with E-state index in [-0.39, 0.29) is 24.4 Å². The summed E-state index contributed by atoms with van der Waals surface area (Å²) in [5.41, 5.74) is 2.21. The zero-order chi connectivity index (χ0) is 21.5. The molecule has 1 aromatic heterocycles. The molecule has 7 heteroatoms. The molecule has 5 nitrogen and oxygen atoms in total. The molecular weight excluding hydrogens is 420 g/mol. The third-order valence-corrected chi connectivity index (χ3v) is 6.64. The van der Waals surface area contributed by atoms with Crippen molar-refractivity contribution in [2.24, 2.45) is 0 Å². The maximum atomic E-state index is 13.4. The Morgan fingerprint density at radius 3 is 2.73 bits per heavy atom. The lowest BCUT2D eigenvalue weighted by molar-refractivity contribution is -0.142. The van der Waals surface area contributed by atoms with Crippen molar-refractivity contribution in [1.29, 1.82) is 0 Å². The van der Waals surface area contributed by atoms with Crippen LogP contribution in [0.4, 0.5) is 0 Å². The largest absolute Gasteiger partial charge is 0.385 e. The number of amides is 2. The fourth-order valence-corrected chi connectivity index (χ4v) is 4.94. The van der Waals surface area contributed by atoms with E-state index in [2.05, 4.69) is 11.4 Å². The van der Waals surface area contributed by atoms with Crippen LogP contribution in [0.1, 0.15) is 48.2 Å². The molecule has 0 aliphatic carbocycles. The van der Waals surface area contributed by atoms with Gasteiger partial charge in [-0.3, -0.25) is 9.59 Å². The Morgan fingerprint density at radius 2 is 2.03 bits per heavy atom. The first kappa shape index (κ1) is 22.8. The topological polar surface area (TPSA) is 49.9 Å². The zero-order valence-electron chi connectivity index (χ0n) is 17.6. The first-order valence-corrected chi connectivity index (χ1v) is 11.7. The minimum atomic E-state index is -0.146. The Morgan fingerprint density at radius 1 is 1.27 bits per heavy atom. The summed E-state index contributed by atoms with van der Waals surface area (Å²) in [6, 6.07) is 9.66. The van der Waals surface area contributed by atoms with Gasteiger partial charge in [-0.1, -0.05) is 30.7 Å². The van der Waals surface area contributed by atoms with Crippen molar-refractivity contribution >= 4 is 34.8 Å². The number of carbonyl (C=O) groups excluding carboxylic acids is 2. The molecule has 1 aromatic carbocycles. The number of thiophene rings is 1. The Hall–Kier alpha value is -1.89. The average molecular weight is 449 g/mol. The second-order valence-electron chi connectivity index (χ2n) is 7.50. The first-order valence-electron chi connectivity index (χ1n) is 10.4. The lowest BCUT2D eigenvalue weighted by Crippen LogP contribution is -2.47. The molecule has 0 bridgehead atoms. The molecule has 0 spiro atoms. The molecule has 30 heavy (non-hydrogen) atoms. The maximum Gasteiger partial charge on any atom is 0.242 e. The molecule has 2 heterocycles. The highest BCUT2D eigenvalue weighted by atomic mass is 35.5. The van der Waals surface area contributed by atoms with Crippen LogP contribution in [-0.4, -0.2) is 55.0 Å². The first-order chi connectivity index (χ1) is 14.5. The third-order valence-electron chi connectivity index (χ3n) is 5.39. The van der Waals surface area contributed by atoms with Crippen molar-refractivity contribution in [3.05, 3.63) is 56.7 Å². The minimum absolute atomic E-state index is 0.0198. The molecule has 1 atom stereocenters. The predicted molar refractivity (Wildman–Crippen MR) is 121 cm³/mol. The summed E-state index contributed by atoms with van der Waals surface area (Å²) < 4.78 is 5.13. The van der Waals surface area contributed by atoms with Crippen LogP contribution in [0.5, 0.6) is 0 Å². The lowest BCUT2D eigenvalue weighted by atomic mass is 9.93. The van der Waals surface area contributed by atoms with Gasteiger partial charge < -0.3 is 14.5 Å². The Kier molecular flexibility index (Phi) is 8.31. The number of nitrogens with zero attached hydrogens (tertiary/aromatic N) is 2. The van der Waals surface area contributed by atoms with E-state index >= 15 is 0 Å². The number of hydrogen-bond donors (Lipinski definition) is 0. The number of benzene rings is 1. The summed E-state index contributed by atoms with van der Waals surface area (Å²) in [6.07, 6.45) is 2.78. The van der Waals surface area contributed by atoms with Crippen molar-refractivity contribution in [1.82, 2.24) is 9.80 Å². The number of carbonyl (C=O) groups is 2. The van der Waals surface area contributed by atoms with Gasteiger partial charge in [-0.2, -0.15) is 0 Å². The highest BCUT2D eigenvalue weighted by Crippen LogP contribution is 2.38. The summed E-state index contributed by atoms with van der Waals surface area (Å²) in [7, 11) is 1.65. The van der Waals surface area contributed by atoms with Crippen LogP contribution in [0.15, 0.2) is 35.7 Å². The normalized spacial score (nSPS) is 15.7. The molecule has 0 N–H and O–H groups in total. The van der Waals surface area contributed by atoms with Gasteiger partial charge in [0.15, 0.2) is 0 Å². The van der Waals surface area contributed by atoms with E-state index in [4.69, 9.17) is 16.3 Å². The van der Waals surface area contributed by atoms with Crippen LogP contribution in [0.25, 0.3) is 0 Å².